The van der Waals surface area contributed by atoms with E-state index >= 15 is 0 Å². The van der Waals surface area contributed by atoms with Crippen LogP contribution in [0, 0.1) is 0 Å². The standard InChI is InChI=1S/C12H12N2O3/c15-6-8-5-12(16,7-13-8)11-14-9-3-1-2-4-10(9)17-11/h1-4,6,8,13,16H,5,7H2/t8-,12-/m0/s1. The Hall–Kier alpha value is -1.72. The second-order valence-corrected chi connectivity index (χ2v) is 4.35. The van der Waals surface area contributed by atoms with Crippen molar-refractivity contribution in [1.82, 2.24) is 10.3 Å². The number of hydrogen-bond acceptors (Lipinski definition) is 5. The minimum absolute atomic E-state index is 0.274. The van der Waals surface area contributed by atoms with Gasteiger partial charge in [0, 0.05) is 13.0 Å². The van der Waals surface area contributed by atoms with Crippen molar-refractivity contribution in [3.8, 4) is 0 Å². The first kappa shape index (κ1) is 10.4. The lowest BCUT2D eigenvalue weighted by Crippen LogP contribution is -2.28. The van der Waals surface area contributed by atoms with Crippen LogP contribution in [0.5, 0.6) is 0 Å². The van der Waals surface area contributed by atoms with Crippen LogP contribution in [0.1, 0.15) is 12.3 Å². The summed E-state index contributed by atoms with van der Waals surface area (Å²) in [4.78, 5) is 14.9. The quantitative estimate of drug-likeness (QED) is 0.741. The summed E-state index contributed by atoms with van der Waals surface area (Å²) in [5.74, 6) is 0.274. The zero-order valence-electron chi connectivity index (χ0n) is 9.09. The number of β-amino-alcohol motifs (C(OH)–C–C–N with tert-alkyl or cyclic N) is 1. The highest BCUT2D eigenvalue weighted by atomic mass is 16.4. The van der Waals surface area contributed by atoms with Crippen LogP contribution in [0.4, 0.5) is 0 Å². The number of nitrogens with one attached hydrogen (secondary N) is 1. The fraction of sp³-hybridized carbons (Fsp3) is 0.333. The monoisotopic (exact) mass is 232 g/mol. The Morgan fingerprint density at radius 1 is 1.53 bits per heavy atom. The van der Waals surface area contributed by atoms with Crippen molar-refractivity contribution in [2.75, 3.05) is 6.54 Å². The minimum atomic E-state index is -1.19. The van der Waals surface area contributed by atoms with Crippen molar-refractivity contribution >= 4 is 17.4 Å². The molecule has 2 heterocycles. The molecule has 88 valence electrons. The SMILES string of the molecule is O=C[C@@H]1C[C@@](O)(c2nc3ccccc3o2)CN1. The van der Waals surface area contributed by atoms with Gasteiger partial charge in [0.05, 0.1) is 6.04 Å². The molecule has 1 aromatic carbocycles. The molecule has 0 bridgehead atoms. The molecule has 1 aliphatic heterocycles. The number of benzene rings is 1. The maximum absolute atomic E-state index is 10.7. The molecular formula is C12H12N2O3. The summed E-state index contributed by atoms with van der Waals surface area (Å²) in [6, 6.07) is 7.00. The normalized spacial score (nSPS) is 28.6. The van der Waals surface area contributed by atoms with E-state index in [4.69, 9.17) is 4.42 Å². The fourth-order valence-electron chi connectivity index (χ4n) is 2.14. The van der Waals surface area contributed by atoms with Gasteiger partial charge in [-0.1, -0.05) is 12.1 Å². The first-order chi connectivity index (χ1) is 8.21. The van der Waals surface area contributed by atoms with Crippen LogP contribution in [-0.4, -0.2) is 29.0 Å². The Morgan fingerprint density at radius 2 is 2.35 bits per heavy atom. The molecule has 2 atom stereocenters. The van der Waals surface area contributed by atoms with E-state index in [1.165, 1.54) is 0 Å². The third-order valence-electron chi connectivity index (χ3n) is 3.07. The minimum Gasteiger partial charge on any atom is -0.437 e. The largest absolute Gasteiger partial charge is 0.437 e. The lowest BCUT2D eigenvalue weighted by Gasteiger charge is -2.16. The van der Waals surface area contributed by atoms with Gasteiger partial charge in [0.1, 0.15) is 11.8 Å². The molecule has 0 aliphatic carbocycles. The third-order valence-corrected chi connectivity index (χ3v) is 3.07. The number of aromatic nitrogens is 1. The summed E-state index contributed by atoms with van der Waals surface area (Å²) < 4.78 is 5.53. The van der Waals surface area contributed by atoms with E-state index in [2.05, 4.69) is 10.3 Å². The molecule has 1 fully saturated rings. The Balaban J connectivity index is 2.01. The van der Waals surface area contributed by atoms with Crippen LogP contribution in [-0.2, 0) is 10.4 Å². The molecule has 1 saturated heterocycles. The van der Waals surface area contributed by atoms with Crippen molar-refractivity contribution < 1.29 is 14.3 Å². The topological polar surface area (TPSA) is 75.4 Å². The highest BCUT2D eigenvalue weighted by Crippen LogP contribution is 2.31. The van der Waals surface area contributed by atoms with Gasteiger partial charge in [-0.3, -0.25) is 0 Å². The van der Waals surface area contributed by atoms with E-state index in [-0.39, 0.29) is 18.5 Å². The number of nitrogens with zero attached hydrogens (tertiary/aromatic N) is 1. The molecule has 2 aromatic rings. The number of hydrogen-bond donors (Lipinski definition) is 2. The van der Waals surface area contributed by atoms with Crippen LogP contribution < -0.4 is 5.32 Å². The van der Waals surface area contributed by atoms with Gasteiger partial charge in [-0.25, -0.2) is 4.98 Å². The van der Waals surface area contributed by atoms with Gasteiger partial charge < -0.3 is 19.6 Å². The molecular weight excluding hydrogens is 220 g/mol. The summed E-state index contributed by atoms with van der Waals surface area (Å²) in [6.45, 7) is 0.281. The Labute approximate surface area is 97.5 Å². The number of para-hydroxylation sites is 2. The van der Waals surface area contributed by atoms with Crippen molar-refractivity contribution in [3.63, 3.8) is 0 Å². The van der Waals surface area contributed by atoms with E-state index in [9.17, 15) is 9.90 Å². The average Bonchev–Trinajstić information content (AvgIpc) is 2.93. The molecule has 5 heteroatoms. The molecule has 0 amide bonds. The van der Waals surface area contributed by atoms with E-state index in [1.54, 1.807) is 6.07 Å². The predicted molar refractivity (Wildman–Crippen MR) is 60.4 cm³/mol. The number of fused-ring (bicyclic) bond motifs is 1. The van der Waals surface area contributed by atoms with Gasteiger partial charge in [0.2, 0.25) is 5.89 Å². The van der Waals surface area contributed by atoms with Crippen molar-refractivity contribution in [1.29, 1.82) is 0 Å². The van der Waals surface area contributed by atoms with Gasteiger partial charge in [-0.05, 0) is 12.1 Å². The first-order valence-electron chi connectivity index (χ1n) is 5.48. The highest BCUT2D eigenvalue weighted by molar-refractivity contribution is 5.72. The average molecular weight is 232 g/mol. The maximum atomic E-state index is 10.7. The van der Waals surface area contributed by atoms with E-state index in [0.717, 1.165) is 6.29 Å². The highest BCUT2D eigenvalue weighted by Gasteiger charge is 2.42. The molecule has 1 aliphatic rings. The molecule has 2 N–H and O–H groups in total. The molecule has 17 heavy (non-hydrogen) atoms. The lowest BCUT2D eigenvalue weighted by atomic mass is 10.0. The second-order valence-electron chi connectivity index (χ2n) is 4.35. The number of aldehydes is 1. The zero-order valence-corrected chi connectivity index (χ0v) is 9.09. The second kappa shape index (κ2) is 3.65. The van der Waals surface area contributed by atoms with Crippen LogP contribution in [0.2, 0.25) is 0 Å². The summed E-state index contributed by atoms with van der Waals surface area (Å²) in [7, 11) is 0. The first-order valence-corrected chi connectivity index (χ1v) is 5.48. The number of carbonyl (C=O) groups is 1. The summed E-state index contributed by atoms with van der Waals surface area (Å²) >= 11 is 0. The van der Waals surface area contributed by atoms with E-state index in [1.807, 2.05) is 18.2 Å². The molecule has 0 saturated carbocycles. The Bertz CT molecular complexity index is 533. The van der Waals surface area contributed by atoms with Gasteiger partial charge in [-0.2, -0.15) is 0 Å². The molecule has 0 radical (unpaired) electrons. The predicted octanol–water partition coefficient (Wildman–Crippen LogP) is 0.576. The van der Waals surface area contributed by atoms with Gasteiger partial charge >= 0.3 is 0 Å². The van der Waals surface area contributed by atoms with E-state index < -0.39 is 5.60 Å². The maximum Gasteiger partial charge on any atom is 0.228 e. The van der Waals surface area contributed by atoms with Crippen molar-refractivity contribution in [3.05, 3.63) is 30.2 Å². The van der Waals surface area contributed by atoms with Crippen LogP contribution in [0.15, 0.2) is 28.7 Å². The van der Waals surface area contributed by atoms with Crippen LogP contribution in [0.3, 0.4) is 0 Å². The number of oxazole rings is 1. The summed E-state index contributed by atoms with van der Waals surface area (Å²) in [5.41, 5.74) is 0.167. The Kier molecular flexibility index (Phi) is 2.24. The molecule has 5 nitrogen and oxygen atoms in total. The van der Waals surface area contributed by atoms with Gasteiger partial charge in [0.25, 0.3) is 0 Å². The zero-order chi connectivity index (χ0) is 11.9. The van der Waals surface area contributed by atoms with Gasteiger partial charge in [0.15, 0.2) is 11.2 Å². The number of aliphatic hydroxyl groups is 1. The van der Waals surface area contributed by atoms with Crippen LogP contribution >= 0.6 is 0 Å². The Morgan fingerprint density at radius 3 is 3.06 bits per heavy atom. The van der Waals surface area contributed by atoms with Crippen molar-refractivity contribution in [2.45, 2.75) is 18.1 Å². The summed E-state index contributed by atoms with van der Waals surface area (Å²) in [5, 5.41) is 13.3. The van der Waals surface area contributed by atoms with Crippen molar-refractivity contribution in [2.24, 2.45) is 0 Å². The van der Waals surface area contributed by atoms with E-state index in [0.29, 0.717) is 17.5 Å². The third kappa shape index (κ3) is 1.64. The number of rotatable bonds is 2. The molecule has 3 rings (SSSR count). The molecule has 0 spiro atoms. The number of carbonyl (C=O) groups excluding carboxylic acids is 1. The molecule has 0 unspecified atom stereocenters. The molecule has 1 aromatic heterocycles. The smallest absolute Gasteiger partial charge is 0.228 e. The van der Waals surface area contributed by atoms with Gasteiger partial charge in [-0.15, -0.1) is 0 Å². The van der Waals surface area contributed by atoms with Crippen LogP contribution in [0.25, 0.3) is 11.1 Å². The summed E-state index contributed by atoms with van der Waals surface area (Å²) in [6.07, 6.45) is 1.09. The fourth-order valence-corrected chi connectivity index (χ4v) is 2.14. The lowest BCUT2D eigenvalue weighted by molar-refractivity contribution is -0.109.